The van der Waals surface area contributed by atoms with Crippen molar-refractivity contribution in [2.45, 2.75) is 38.8 Å². The molecule has 0 aliphatic carbocycles. The molecular weight excluding hydrogens is 136 g/mol. The molecule has 0 aromatic rings. The molecule has 0 spiro atoms. The second kappa shape index (κ2) is 2.52. The van der Waals surface area contributed by atoms with Crippen molar-refractivity contribution in [1.29, 1.82) is 0 Å². The van der Waals surface area contributed by atoms with Gasteiger partial charge in [-0.15, -0.1) is 0 Å². The number of hydrogen-bond acceptors (Lipinski definition) is 2. The summed E-state index contributed by atoms with van der Waals surface area (Å²) in [5.74, 6) is 0. The minimum atomic E-state index is 0.186. The third kappa shape index (κ3) is 1.74. The maximum absolute atomic E-state index is 5.81. The summed E-state index contributed by atoms with van der Waals surface area (Å²) in [6, 6.07) is 0.293. The lowest BCUT2D eigenvalue weighted by molar-refractivity contribution is 0.209. The van der Waals surface area contributed by atoms with Gasteiger partial charge < -0.3 is 10.6 Å². The molecule has 1 fully saturated rings. The van der Waals surface area contributed by atoms with Crippen LogP contribution in [0.15, 0.2) is 12.3 Å². The highest BCUT2D eigenvalue weighted by Gasteiger charge is 2.30. The second-order valence-electron chi connectivity index (χ2n) is 4.31. The van der Waals surface area contributed by atoms with Crippen molar-refractivity contribution >= 4 is 0 Å². The van der Waals surface area contributed by atoms with Crippen LogP contribution in [0.1, 0.15) is 27.2 Å². The summed E-state index contributed by atoms with van der Waals surface area (Å²) < 4.78 is 0. The van der Waals surface area contributed by atoms with Gasteiger partial charge in [-0.05, 0) is 20.8 Å². The first kappa shape index (κ1) is 8.60. The van der Waals surface area contributed by atoms with E-state index in [1.165, 1.54) is 5.70 Å². The normalized spacial score (nSPS) is 26.4. The van der Waals surface area contributed by atoms with E-state index in [9.17, 15) is 0 Å². The van der Waals surface area contributed by atoms with Crippen molar-refractivity contribution in [3.8, 4) is 0 Å². The van der Waals surface area contributed by atoms with Gasteiger partial charge in [-0.1, -0.05) is 6.58 Å². The van der Waals surface area contributed by atoms with E-state index in [-0.39, 0.29) is 5.54 Å². The first-order valence-electron chi connectivity index (χ1n) is 4.12. The first-order chi connectivity index (χ1) is 4.91. The van der Waals surface area contributed by atoms with Crippen LogP contribution in [0.2, 0.25) is 0 Å². The number of rotatable bonds is 0. The summed E-state index contributed by atoms with van der Waals surface area (Å²) in [5, 5.41) is 0. The van der Waals surface area contributed by atoms with Gasteiger partial charge in [0.2, 0.25) is 0 Å². The summed E-state index contributed by atoms with van der Waals surface area (Å²) >= 11 is 0. The Morgan fingerprint density at radius 2 is 2.09 bits per heavy atom. The zero-order valence-corrected chi connectivity index (χ0v) is 7.72. The Bertz CT molecular complexity index is 167. The molecule has 1 rings (SSSR count). The summed E-state index contributed by atoms with van der Waals surface area (Å²) in [6.07, 6.45) is 0.956. The van der Waals surface area contributed by atoms with Crippen molar-refractivity contribution in [2.75, 3.05) is 6.54 Å². The van der Waals surface area contributed by atoms with E-state index in [0.29, 0.717) is 6.04 Å². The quantitative estimate of drug-likeness (QED) is 0.570. The van der Waals surface area contributed by atoms with Gasteiger partial charge >= 0.3 is 0 Å². The molecule has 0 bridgehead atoms. The summed E-state index contributed by atoms with van der Waals surface area (Å²) in [6.45, 7) is 11.5. The third-order valence-electron chi connectivity index (χ3n) is 2.11. The molecule has 11 heavy (non-hydrogen) atoms. The Labute approximate surface area is 69.1 Å². The summed E-state index contributed by atoms with van der Waals surface area (Å²) in [5.41, 5.74) is 7.18. The molecule has 1 aliphatic rings. The van der Waals surface area contributed by atoms with E-state index in [2.05, 4.69) is 32.3 Å². The Morgan fingerprint density at radius 3 is 2.27 bits per heavy atom. The molecule has 0 radical (unpaired) electrons. The van der Waals surface area contributed by atoms with Gasteiger partial charge in [0, 0.05) is 30.2 Å². The molecule has 1 atom stereocenters. The van der Waals surface area contributed by atoms with Crippen molar-refractivity contribution in [3.05, 3.63) is 12.3 Å². The molecule has 2 heteroatoms. The zero-order chi connectivity index (χ0) is 8.65. The first-order valence-corrected chi connectivity index (χ1v) is 4.12. The monoisotopic (exact) mass is 154 g/mol. The summed E-state index contributed by atoms with van der Waals surface area (Å²) in [7, 11) is 0. The van der Waals surface area contributed by atoms with Gasteiger partial charge in [0.05, 0.1) is 0 Å². The Hall–Kier alpha value is -0.500. The van der Waals surface area contributed by atoms with E-state index < -0.39 is 0 Å². The predicted molar refractivity (Wildman–Crippen MR) is 48.2 cm³/mol. The Morgan fingerprint density at radius 1 is 1.55 bits per heavy atom. The molecule has 0 saturated carbocycles. The lowest BCUT2D eigenvalue weighted by atomic mass is 10.1. The third-order valence-corrected chi connectivity index (χ3v) is 2.11. The maximum atomic E-state index is 5.81. The second-order valence-corrected chi connectivity index (χ2v) is 4.31. The van der Waals surface area contributed by atoms with Gasteiger partial charge in [-0.3, -0.25) is 0 Å². The molecule has 2 N–H and O–H groups in total. The smallest absolute Gasteiger partial charge is 0.0335 e. The zero-order valence-electron chi connectivity index (χ0n) is 7.72. The molecule has 2 nitrogen and oxygen atoms in total. The van der Waals surface area contributed by atoms with Gasteiger partial charge in [-0.25, -0.2) is 0 Å². The van der Waals surface area contributed by atoms with Crippen LogP contribution in [-0.2, 0) is 0 Å². The van der Waals surface area contributed by atoms with Crippen LogP contribution < -0.4 is 5.73 Å². The average Bonchev–Trinajstić information content (AvgIpc) is 2.08. The van der Waals surface area contributed by atoms with Gasteiger partial charge in [0.1, 0.15) is 0 Å². The van der Waals surface area contributed by atoms with Crippen molar-refractivity contribution < 1.29 is 0 Å². The van der Waals surface area contributed by atoms with Gasteiger partial charge in [-0.2, -0.15) is 0 Å². The van der Waals surface area contributed by atoms with Crippen LogP contribution in [0, 0.1) is 0 Å². The number of nitrogens with two attached hydrogens (primary N) is 1. The van der Waals surface area contributed by atoms with E-state index >= 15 is 0 Å². The van der Waals surface area contributed by atoms with Crippen LogP contribution in [0.25, 0.3) is 0 Å². The number of hydrogen-bond donors (Lipinski definition) is 1. The molecule has 0 aromatic heterocycles. The molecule has 0 aromatic carbocycles. The van der Waals surface area contributed by atoms with Gasteiger partial charge in [0.25, 0.3) is 0 Å². The van der Waals surface area contributed by atoms with Crippen LogP contribution >= 0.6 is 0 Å². The molecule has 1 saturated heterocycles. The standard InChI is InChI=1S/C9H18N2/c1-7-5-8(10)6-11(7)9(2,3)4/h8H,1,5-6,10H2,2-4H3. The number of nitrogens with zero attached hydrogens (tertiary/aromatic N) is 1. The molecule has 1 unspecified atom stereocenters. The maximum Gasteiger partial charge on any atom is 0.0335 e. The van der Waals surface area contributed by atoms with E-state index in [1.807, 2.05) is 0 Å². The molecule has 64 valence electrons. The van der Waals surface area contributed by atoms with Crippen LogP contribution in [-0.4, -0.2) is 23.0 Å². The minimum Gasteiger partial charge on any atom is -0.369 e. The highest BCUT2D eigenvalue weighted by Crippen LogP contribution is 2.26. The highest BCUT2D eigenvalue weighted by molar-refractivity contribution is 5.08. The molecule has 1 aliphatic heterocycles. The van der Waals surface area contributed by atoms with Crippen LogP contribution in [0.3, 0.4) is 0 Å². The van der Waals surface area contributed by atoms with Crippen LogP contribution in [0.4, 0.5) is 0 Å². The van der Waals surface area contributed by atoms with E-state index in [0.717, 1.165) is 13.0 Å². The minimum absolute atomic E-state index is 0.186. The fraction of sp³-hybridized carbons (Fsp3) is 0.778. The van der Waals surface area contributed by atoms with Gasteiger partial charge in [0.15, 0.2) is 0 Å². The number of likely N-dealkylation sites (tertiary alicyclic amines) is 1. The highest BCUT2D eigenvalue weighted by atomic mass is 15.2. The fourth-order valence-corrected chi connectivity index (χ4v) is 1.59. The molecular formula is C9H18N2. The molecule has 1 heterocycles. The van der Waals surface area contributed by atoms with Crippen molar-refractivity contribution in [1.82, 2.24) is 4.90 Å². The Kier molecular flexibility index (Phi) is 1.97. The Balaban J connectivity index is 2.68. The van der Waals surface area contributed by atoms with Crippen LogP contribution in [0.5, 0.6) is 0 Å². The lowest BCUT2D eigenvalue weighted by Crippen LogP contribution is -2.39. The van der Waals surface area contributed by atoms with Crippen molar-refractivity contribution in [2.24, 2.45) is 5.73 Å². The van der Waals surface area contributed by atoms with E-state index in [4.69, 9.17) is 5.73 Å². The lowest BCUT2D eigenvalue weighted by Gasteiger charge is -2.34. The molecule has 0 amide bonds. The SMILES string of the molecule is C=C1CC(N)CN1C(C)(C)C. The topological polar surface area (TPSA) is 29.3 Å². The summed E-state index contributed by atoms with van der Waals surface area (Å²) in [4.78, 5) is 2.29. The fourth-order valence-electron chi connectivity index (χ4n) is 1.59. The average molecular weight is 154 g/mol. The predicted octanol–water partition coefficient (Wildman–Crippen LogP) is 1.33. The largest absolute Gasteiger partial charge is 0.369 e. The van der Waals surface area contributed by atoms with E-state index in [1.54, 1.807) is 0 Å². The van der Waals surface area contributed by atoms with Crippen molar-refractivity contribution in [3.63, 3.8) is 0 Å².